The van der Waals surface area contributed by atoms with Crippen molar-refractivity contribution in [3.05, 3.63) is 58.5 Å². The van der Waals surface area contributed by atoms with Gasteiger partial charge >= 0.3 is 18.3 Å². The van der Waals surface area contributed by atoms with Crippen molar-refractivity contribution in [1.82, 2.24) is 25.1 Å². The summed E-state index contributed by atoms with van der Waals surface area (Å²) in [5, 5.41) is 23.0. The molecule has 2 N–H and O–H groups in total. The van der Waals surface area contributed by atoms with Gasteiger partial charge in [-0.25, -0.2) is 4.79 Å². The van der Waals surface area contributed by atoms with Crippen LogP contribution < -0.4 is 5.32 Å². The Morgan fingerprint density at radius 1 is 1.15 bits per heavy atom. The van der Waals surface area contributed by atoms with Crippen LogP contribution in [-0.2, 0) is 17.5 Å². The maximum Gasteiger partial charge on any atom is 0.490 e. The maximum atomic E-state index is 13.0. The van der Waals surface area contributed by atoms with Crippen molar-refractivity contribution in [3.63, 3.8) is 0 Å². The predicted molar refractivity (Wildman–Crippen MR) is 103 cm³/mol. The van der Waals surface area contributed by atoms with E-state index in [1.54, 1.807) is 18.2 Å². The zero-order valence-corrected chi connectivity index (χ0v) is 17.3. The molecule has 0 unspecified atom stereocenters. The number of benzene rings is 1. The Morgan fingerprint density at radius 2 is 1.82 bits per heavy atom. The van der Waals surface area contributed by atoms with Crippen molar-refractivity contribution in [2.24, 2.45) is 5.92 Å². The highest BCUT2D eigenvalue weighted by atomic mass is 35.5. The molecule has 3 aromatic rings. The highest BCUT2D eigenvalue weighted by molar-refractivity contribution is 6.29. The van der Waals surface area contributed by atoms with E-state index in [2.05, 4.69) is 20.6 Å². The van der Waals surface area contributed by atoms with E-state index in [1.165, 1.54) is 16.6 Å². The van der Waals surface area contributed by atoms with Crippen LogP contribution in [0.15, 0.2) is 36.4 Å². The molecule has 1 saturated carbocycles. The number of carboxylic acid groups (broad SMARTS) is 1. The summed E-state index contributed by atoms with van der Waals surface area (Å²) in [6, 6.07) is 8.63. The number of hydrogen-bond donors (Lipinski definition) is 2. The van der Waals surface area contributed by atoms with E-state index in [0.717, 1.165) is 18.9 Å². The molecule has 2 heterocycles. The molecule has 4 rings (SSSR count). The van der Waals surface area contributed by atoms with Gasteiger partial charge < -0.3 is 10.4 Å². The van der Waals surface area contributed by atoms with E-state index in [-0.39, 0.29) is 6.04 Å². The molecule has 0 amide bonds. The molecule has 2 aromatic heterocycles. The molecule has 1 aliphatic carbocycles. The first-order valence-electron chi connectivity index (χ1n) is 9.43. The summed E-state index contributed by atoms with van der Waals surface area (Å²) in [7, 11) is 0. The lowest BCUT2D eigenvalue weighted by molar-refractivity contribution is -0.192. The van der Waals surface area contributed by atoms with Crippen molar-refractivity contribution in [2.45, 2.75) is 37.8 Å². The van der Waals surface area contributed by atoms with Crippen LogP contribution in [0.1, 0.15) is 35.8 Å². The normalized spacial score (nSPS) is 15.1. The van der Waals surface area contributed by atoms with Gasteiger partial charge in [0.05, 0.1) is 12.1 Å². The van der Waals surface area contributed by atoms with Crippen LogP contribution in [0, 0.1) is 5.92 Å². The molecule has 0 aliphatic heterocycles. The first kappa shape index (κ1) is 24.7. The highest BCUT2D eigenvalue weighted by Crippen LogP contribution is 2.42. The first-order valence-corrected chi connectivity index (χ1v) is 9.81. The number of halogens is 7. The van der Waals surface area contributed by atoms with Crippen LogP contribution in [-0.4, -0.2) is 37.1 Å². The highest BCUT2D eigenvalue weighted by Gasteiger charge is 2.38. The van der Waals surface area contributed by atoms with Crippen molar-refractivity contribution < 1.29 is 36.2 Å². The van der Waals surface area contributed by atoms with Crippen LogP contribution in [0.5, 0.6) is 0 Å². The van der Waals surface area contributed by atoms with Crippen LogP contribution in [0.2, 0.25) is 5.15 Å². The molecule has 0 spiro atoms. The minimum atomic E-state index is -5.08. The lowest BCUT2D eigenvalue weighted by Crippen LogP contribution is -2.24. The van der Waals surface area contributed by atoms with Crippen LogP contribution >= 0.6 is 11.6 Å². The van der Waals surface area contributed by atoms with E-state index in [0.29, 0.717) is 34.7 Å². The van der Waals surface area contributed by atoms with E-state index < -0.39 is 23.9 Å². The van der Waals surface area contributed by atoms with Gasteiger partial charge in [0.25, 0.3) is 0 Å². The summed E-state index contributed by atoms with van der Waals surface area (Å²) < 4.78 is 72.3. The molecule has 1 aromatic carbocycles. The third-order valence-corrected chi connectivity index (χ3v) is 4.89. The van der Waals surface area contributed by atoms with E-state index in [4.69, 9.17) is 21.5 Å². The Morgan fingerprint density at radius 3 is 2.39 bits per heavy atom. The first-order chi connectivity index (χ1) is 15.4. The SMILES string of the molecule is FC(F)(F)c1cccc([C@@H](NCc2nnc3ccc(Cl)nn23)C2CC2)c1.O=C(O)C(F)(F)F. The summed E-state index contributed by atoms with van der Waals surface area (Å²) in [4.78, 5) is 8.90. The average Bonchev–Trinajstić information content (AvgIpc) is 3.48. The number of carbonyl (C=O) groups is 1. The molecule has 0 saturated heterocycles. The minimum Gasteiger partial charge on any atom is -0.475 e. The van der Waals surface area contributed by atoms with E-state index in [9.17, 15) is 26.3 Å². The number of fused-ring (bicyclic) bond motifs is 1. The second-order valence-electron chi connectivity index (χ2n) is 7.16. The van der Waals surface area contributed by atoms with Crippen molar-refractivity contribution >= 4 is 23.2 Å². The Kier molecular flexibility index (Phi) is 7.12. The topological polar surface area (TPSA) is 92.4 Å². The third-order valence-electron chi connectivity index (χ3n) is 4.68. The zero-order chi connectivity index (χ0) is 24.4. The number of aromatic nitrogens is 4. The number of rotatable bonds is 5. The summed E-state index contributed by atoms with van der Waals surface area (Å²) in [6.07, 6.45) is -7.47. The van der Waals surface area contributed by atoms with Gasteiger partial charge in [-0.2, -0.15) is 36.0 Å². The molecular weight excluding hydrogens is 480 g/mol. The number of carboxylic acids is 1. The lowest BCUT2D eigenvalue weighted by Gasteiger charge is -2.19. The fourth-order valence-electron chi connectivity index (χ4n) is 3.02. The summed E-state index contributed by atoms with van der Waals surface area (Å²) in [5.74, 6) is -1.89. The Labute approximate surface area is 187 Å². The van der Waals surface area contributed by atoms with Crippen molar-refractivity contribution in [1.29, 1.82) is 0 Å². The molecular formula is C19H16ClF6N5O2. The second-order valence-corrected chi connectivity index (χ2v) is 7.55. The number of aliphatic carboxylic acids is 1. The van der Waals surface area contributed by atoms with E-state index in [1.807, 2.05) is 0 Å². The quantitative estimate of drug-likeness (QED) is 0.500. The van der Waals surface area contributed by atoms with Crippen LogP contribution in [0.4, 0.5) is 26.3 Å². The van der Waals surface area contributed by atoms with Gasteiger partial charge in [0, 0.05) is 6.04 Å². The molecule has 1 aliphatic rings. The van der Waals surface area contributed by atoms with E-state index >= 15 is 0 Å². The smallest absolute Gasteiger partial charge is 0.475 e. The predicted octanol–water partition coefficient (Wildman–Crippen LogP) is 4.67. The monoisotopic (exact) mass is 495 g/mol. The van der Waals surface area contributed by atoms with Crippen LogP contribution in [0.3, 0.4) is 0 Å². The van der Waals surface area contributed by atoms with Gasteiger partial charge in [0.1, 0.15) is 5.15 Å². The van der Waals surface area contributed by atoms with Gasteiger partial charge in [-0.3, -0.25) is 0 Å². The van der Waals surface area contributed by atoms with Crippen molar-refractivity contribution in [2.75, 3.05) is 0 Å². The molecule has 0 radical (unpaired) electrons. The fraction of sp³-hybridized carbons (Fsp3) is 0.368. The minimum absolute atomic E-state index is 0.177. The fourth-order valence-corrected chi connectivity index (χ4v) is 3.16. The number of alkyl halides is 6. The standard InChI is InChI=1S/C17H15ClF3N5.C2HF3O2/c18-13-6-7-14-23-24-15(26(14)25-13)9-22-16(10-4-5-10)11-2-1-3-12(8-11)17(19,20)21;3-2(4,5)1(6)7/h1-3,6-8,10,16,22H,4-5,9H2;(H,6,7)/t16-;/m0./s1. The number of nitrogens with zero attached hydrogens (tertiary/aromatic N) is 4. The summed E-state index contributed by atoms with van der Waals surface area (Å²) in [6.45, 7) is 0.325. The van der Waals surface area contributed by atoms with Gasteiger partial charge in [0.15, 0.2) is 11.5 Å². The molecule has 33 heavy (non-hydrogen) atoms. The molecule has 1 atom stereocenters. The zero-order valence-electron chi connectivity index (χ0n) is 16.5. The third kappa shape index (κ3) is 6.54. The van der Waals surface area contributed by atoms with Gasteiger partial charge in [-0.05, 0) is 48.6 Å². The van der Waals surface area contributed by atoms with Crippen LogP contribution in [0.25, 0.3) is 5.65 Å². The Balaban J connectivity index is 0.000000383. The van der Waals surface area contributed by atoms with Gasteiger partial charge in [0.2, 0.25) is 0 Å². The number of nitrogens with one attached hydrogen (secondary N) is 1. The Bertz CT molecular complexity index is 1130. The van der Waals surface area contributed by atoms with Gasteiger partial charge in [-0.1, -0.05) is 23.7 Å². The molecule has 14 heteroatoms. The molecule has 1 fully saturated rings. The van der Waals surface area contributed by atoms with Gasteiger partial charge in [-0.15, -0.1) is 10.2 Å². The molecule has 7 nitrogen and oxygen atoms in total. The van der Waals surface area contributed by atoms with Crippen molar-refractivity contribution in [3.8, 4) is 0 Å². The summed E-state index contributed by atoms with van der Waals surface area (Å²) >= 11 is 5.91. The average molecular weight is 496 g/mol. The number of hydrogen-bond acceptors (Lipinski definition) is 5. The Hall–Kier alpha value is -2.93. The maximum absolute atomic E-state index is 13.0. The molecule has 0 bridgehead atoms. The summed E-state index contributed by atoms with van der Waals surface area (Å²) in [5.41, 5.74) is 0.555. The molecule has 178 valence electrons. The second kappa shape index (κ2) is 9.51. The lowest BCUT2D eigenvalue weighted by atomic mass is 10.00. The largest absolute Gasteiger partial charge is 0.490 e.